The topological polar surface area (TPSA) is 82.5 Å². The van der Waals surface area contributed by atoms with Crippen LogP contribution in [0.25, 0.3) is 11.0 Å². The van der Waals surface area contributed by atoms with Gasteiger partial charge in [-0.05, 0) is 30.3 Å². The van der Waals surface area contributed by atoms with Crippen LogP contribution in [0.15, 0.2) is 64.9 Å². The van der Waals surface area contributed by atoms with E-state index in [2.05, 4.69) is 4.98 Å². The van der Waals surface area contributed by atoms with Crippen LogP contribution in [0, 0.1) is 0 Å². The van der Waals surface area contributed by atoms with Crippen LogP contribution < -0.4 is 15.9 Å². The standard InChI is InChI=1S/C16H13NO5S/c1-2-8-20-12-9-11-13(15(19)22-12)14(18)17-16(21-11)23-10-6-4-3-5-7-10/h3-7,9H,2,8H2,1H3. The fourth-order valence-electron chi connectivity index (χ4n) is 1.89. The maximum Gasteiger partial charge on any atom is 0.355 e. The van der Waals surface area contributed by atoms with Crippen molar-refractivity contribution < 1.29 is 13.6 Å². The lowest BCUT2D eigenvalue weighted by Crippen LogP contribution is -2.16. The molecule has 0 N–H and O–H groups in total. The largest absolute Gasteiger partial charge is 0.465 e. The van der Waals surface area contributed by atoms with Crippen molar-refractivity contribution in [1.82, 2.24) is 4.98 Å². The molecule has 0 amide bonds. The molecule has 0 spiro atoms. The molecule has 3 aromatic rings. The molecule has 0 aliphatic rings. The number of rotatable bonds is 5. The predicted molar refractivity (Wildman–Crippen MR) is 85.2 cm³/mol. The molecule has 2 aromatic heterocycles. The second-order valence-corrected chi connectivity index (χ2v) is 5.67. The van der Waals surface area contributed by atoms with Crippen LogP contribution in [0.1, 0.15) is 13.3 Å². The number of nitrogens with zero attached hydrogens (tertiary/aromatic N) is 1. The van der Waals surface area contributed by atoms with Gasteiger partial charge in [0.2, 0.25) is 0 Å². The van der Waals surface area contributed by atoms with Crippen LogP contribution in [0.2, 0.25) is 0 Å². The minimum atomic E-state index is -0.814. The molecule has 0 unspecified atom stereocenters. The number of benzene rings is 1. The normalized spacial score (nSPS) is 10.8. The van der Waals surface area contributed by atoms with Gasteiger partial charge in [0.1, 0.15) is 0 Å². The summed E-state index contributed by atoms with van der Waals surface area (Å²) in [6, 6.07) is 10.7. The quantitative estimate of drug-likeness (QED) is 0.710. The van der Waals surface area contributed by atoms with E-state index >= 15 is 0 Å². The average molecular weight is 331 g/mol. The van der Waals surface area contributed by atoms with Crippen LogP contribution in [0.3, 0.4) is 0 Å². The molecule has 1 aromatic carbocycles. The third kappa shape index (κ3) is 3.45. The Balaban J connectivity index is 2.05. The smallest absolute Gasteiger partial charge is 0.355 e. The zero-order valence-corrected chi connectivity index (χ0v) is 13.1. The molecule has 0 aliphatic heterocycles. The van der Waals surface area contributed by atoms with Crippen molar-refractivity contribution in [1.29, 1.82) is 0 Å². The second kappa shape index (κ2) is 6.70. The summed E-state index contributed by atoms with van der Waals surface area (Å²) < 4.78 is 15.8. The number of aromatic nitrogens is 1. The lowest BCUT2D eigenvalue weighted by atomic mass is 10.3. The summed E-state index contributed by atoms with van der Waals surface area (Å²) in [6.07, 6.45) is 0.761. The van der Waals surface area contributed by atoms with Gasteiger partial charge < -0.3 is 13.6 Å². The van der Waals surface area contributed by atoms with E-state index in [9.17, 15) is 9.59 Å². The van der Waals surface area contributed by atoms with Gasteiger partial charge in [-0.2, -0.15) is 4.98 Å². The Morgan fingerprint density at radius 2 is 1.96 bits per heavy atom. The van der Waals surface area contributed by atoms with E-state index in [-0.39, 0.29) is 22.1 Å². The Morgan fingerprint density at radius 3 is 2.70 bits per heavy atom. The minimum absolute atomic E-state index is 0.0226. The zero-order chi connectivity index (χ0) is 16.2. The minimum Gasteiger partial charge on any atom is -0.465 e. The molecule has 0 fully saturated rings. The Labute approximate surface area is 135 Å². The Kier molecular flexibility index (Phi) is 4.47. The third-order valence-corrected chi connectivity index (χ3v) is 3.75. The molecule has 0 saturated heterocycles. The van der Waals surface area contributed by atoms with Gasteiger partial charge in [0.15, 0.2) is 11.0 Å². The van der Waals surface area contributed by atoms with Crippen LogP contribution in [0.4, 0.5) is 0 Å². The highest BCUT2D eigenvalue weighted by Crippen LogP contribution is 2.27. The second-order valence-electron chi connectivity index (χ2n) is 4.64. The zero-order valence-electron chi connectivity index (χ0n) is 12.3. The Bertz CT molecular complexity index is 933. The van der Waals surface area contributed by atoms with Crippen molar-refractivity contribution in [2.75, 3.05) is 6.61 Å². The fourth-order valence-corrected chi connectivity index (χ4v) is 2.64. The number of hydrogen-bond acceptors (Lipinski definition) is 7. The van der Waals surface area contributed by atoms with E-state index in [1.165, 1.54) is 17.8 Å². The predicted octanol–water partition coefficient (Wildman–Crippen LogP) is 3.08. The molecule has 118 valence electrons. The lowest BCUT2D eigenvalue weighted by Gasteiger charge is -2.04. The van der Waals surface area contributed by atoms with E-state index < -0.39 is 11.2 Å². The first-order chi connectivity index (χ1) is 11.2. The van der Waals surface area contributed by atoms with Crippen molar-refractivity contribution in [3.63, 3.8) is 0 Å². The molecule has 3 rings (SSSR count). The summed E-state index contributed by atoms with van der Waals surface area (Å²) >= 11 is 1.19. The van der Waals surface area contributed by atoms with Gasteiger partial charge in [0, 0.05) is 4.90 Å². The van der Waals surface area contributed by atoms with Gasteiger partial charge in [0.25, 0.3) is 16.7 Å². The SMILES string of the molecule is CCCOc1cc2oc(Sc3ccccc3)nc(=O)c2c(=O)o1. The molecule has 6 nitrogen and oxygen atoms in total. The van der Waals surface area contributed by atoms with Gasteiger partial charge >= 0.3 is 5.63 Å². The summed E-state index contributed by atoms with van der Waals surface area (Å²) in [5.41, 5.74) is -1.39. The van der Waals surface area contributed by atoms with Crippen molar-refractivity contribution in [3.8, 4) is 5.95 Å². The molecule has 0 bridgehead atoms. The first-order valence-corrected chi connectivity index (χ1v) is 7.83. The van der Waals surface area contributed by atoms with Crippen molar-refractivity contribution in [3.05, 3.63) is 57.2 Å². The van der Waals surface area contributed by atoms with Gasteiger partial charge in [-0.1, -0.05) is 25.1 Å². The molecule has 0 radical (unpaired) electrons. The van der Waals surface area contributed by atoms with Crippen LogP contribution >= 0.6 is 11.8 Å². The molecule has 2 heterocycles. The third-order valence-electron chi connectivity index (χ3n) is 2.89. The molecule has 0 aliphatic carbocycles. The molecule has 7 heteroatoms. The van der Waals surface area contributed by atoms with Gasteiger partial charge in [0.05, 0.1) is 12.7 Å². The van der Waals surface area contributed by atoms with Crippen LogP contribution in [0.5, 0.6) is 5.95 Å². The molecular formula is C16H13NO5S. The van der Waals surface area contributed by atoms with Crippen molar-refractivity contribution in [2.24, 2.45) is 0 Å². The summed E-state index contributed by atoms with van der Waals surface area (Å²) in [5.74, 6) is 0.0226. The monoisotopic (exact) mass is 331 g/mol. The van der Waals surface area contributed by atoms with E-state index in [4.69, 9.17) is 13.6 Å². The maximum absolute atomic E-state index is 12.1. The first-order valence-electron chi connectivity index (χ1n) is 7.02. The van der Waals surface area contributed by atoms with Gasteiger partial charge in [-0.15, -0.1) is 0 Å². The highest BCUT2D eigenvalue weighted by atomic mass is 32.2. The van der Waals surface area contributed by atoms with Crippen molar-refractivity contribution >= 4 is 22.7 Å². The molecule has 23 heavy (non-hydrogen) atoms. The van der Waals surface area contributed by atoms with E-state index in [0.29, 0.717) is 6.61 Å². The highest BCUT2D eigenvalue weighted by Gasteiger charge is 2.14. The van der Waals surface area contributed by atoms with Crippen LogP contribution in [-0.2, 0) is 0 Å². The van der Waals surface area contributed by atoms with Crippen molar-refractivity contribution in [2.45, 2.75) is 23.5 Å². The number of ether oxygens (including phenoxy) is 1. The molecule has 0 atom stereocenters. The summed E-state index contributed by atoms with van der Waals surface area (Å²) in [4.78, 5) is 28.6. The maximum atomic E-state index is 12.1. The number of hydrogen-bond donors (Lipinski definition) is 0. The van der Waals surface area contributed by atoms with E-state index in [1.807, 2.05) is 37.3 Å². The van der Waals surface area contributed by atoms with E-state index in [0.717, 1.165) is 11.3 Å². The molecular weight excluding hydrogens is 318 g/mol. The van der Waals surface area contributed by atoms with Gasteiger partial charge in [-0.3, -0.25) is 4.79 Å². The highest BCUT2D eigenvalue weighted by molar-refractivity contribution is 7.99. The summed E-state index contributed by atoms with van der Waals surface area (Å²) in [5, 5.41) is -0.0630. The Hall–Kier alpha value is -2.54. The van der Waals surface area contributed by atoms with Gasteiger partial charge in [-0.25, -0.2) is 4.79 Å². The average Bonchev–Trinajstić information content (AvgIpc) is 2.53. The van der Waals surface area contributed by atoms with Crippen LogP contribution in [-0.4, -0.2) is 11.6 Å². The Morgan fingerprint density at radius 1 is 1.17 bits per heavy atom. The first kappa shape index (κ1) is 15.4. The fraction of sp³-hybridized carbons (Fsp3) is 0.188. The number of fused-ring (bicyclic) bond motifs is 1. The summed E-state index contributed by atoms with van der Waals surface area (Å²) in [6.45, 7) is 2.33. The lowest BCUT2D eigenvalue weighted by molar-refractivity contribution is 0.231. The molecule has 0 saturated carbocycles. The van der Waals surface area contributed by atoms with E-state index in [1.54, 1.807) is 0 Å². The summed E-state index contributed by atoms with van der Waals surface area (Å²) in [7, 11) is 0.